The zero-order valence-corrected chi connectivity index (χ0v) is 9.42. The van der Waals surface area contributed by atoms with E-state index in [9.17, 15) is 4.79 Å². The molecule has 0 saturated heterocycles. The summed E-state index contributed by atoms with van der Waals surface area (Å²) in [4.78, 5) is 11.4. The van der Waals surface area contributed by atoms with Crippen molar-refractivity contribution in [3.63, 3.8) is 0 Å². The highest BCUT2D eigenvalue weighted by Gasteiger charge is 2.18. The molecule has 3 nitrogen and oxygen atoms in total. The van der Waals surface area contributed by atoms with Gasteiger partial charge in [-0.05, 0) is 19.3 Å². The number of rotatable bonds is 6. The highest BCUT2D eigenvalue weighted by molar-refractivity contribution is 5.81. The Morgan fingerprint density at radius 2 is 2.21 bits per heavy atom. The number of nitrogens with one attached hydrogen (secondary N) is 1. The van der Waals surface area contributed by atoms with Gasteiger partial charge >= 0.3 is 0 Å². The van der Waals surface area contributed by atoms with Gasteiger partial charge in [0.2, 0.25) is 5.91 Å². The maximum atomic E-state index is 11.4. The third-order valence-corrected chi connectivity index (χ3v) is 2.41. The van der Waals surface area contributed by atoms with Crippen LogP contribution in [0, 0.1) is 5.92 Å². The highest BCUT2D eigenvalue weighted by Crippen LogP contribution is 2.04. The maximum absolute atomic E-state index is 11.4. The van der Waals surface area contributed by atoms with E-state index < -0.39 is 0 Å². The van der Waals surface area contributed by atoms with Crippen molar-refractivity contribution in [1.29, 1.82) is 0 Å². The average molecular weight is 198 g/mol. The Bertz CT molecular complexity index is 190. The Kier molecular flexibility index (Phi) is 7.11. The zero-order chi connectivity index (χ0) is 11.0. The van der Waals surface area contributed by atoms with Crippen molar-refractivity contribution in [3.05, 3.63) is 12.2 Å². The zero-order valence-electron chi connectivity index (χ0n) is 9.42. The lowest BCUT2D eigenvalue weighted by molar-refractivity contribution is -0.123. The van der Waals surface area contributed by atoms with Gasteiger partial charge in [0.15, 0.2) is 0 Å². The third-order valence-electron chi connectivity index (χ3n) is 2.41. The second kappa shape index (κ2) is 7.56. The lowest BCUT2D eigenvalue weighted by atomic mass is 9.99. The second-order valence-electron chi connectivity index (χ2n) is 3.56. The minimum Gasteiger partial charge on any atom is -0.354 e. The summed E-state index contributed by atoms with van der Waals surface area (Å²) in [5.74, 6) is 0.209. The van der Waals surface area contributed by atoms with Crippen LogP contribution in [-0.4, -0.2) is 18.5 Å². The van der Waals surface area contributed by atoms with Crippen LogP contribution in [0.1, 0.15) is 33.6 Å². The molecule has 2 atom stereocenters. The van der Waals surface area contributed by atoms with Crippen LogP contribution in [0.3, 0.4) is 0 Å². The summed E-state index contributed by atoms with van der Waals surface area (Å²) in [5, 5.41) is 2.82. The largest absolute Gasteiger partial charge is 0.354 e. The number of amides is 1. The lowest BCUT2D eigenvalue weighted by Crippen LogP contribution is -2.44. The van der Waals surface area contributed by atoms with Gasteiger partial charge in [0, 0.05) is 6.54 Å². The normalized spacial score (nSPS) is 15.4. The van der Waals surface area contributed by atoms with Crippen molar-refractivity contribution in [2.75, 3.05) is 6.54 Å². The molecule has 0 aromatic heterocycles. The first kappa shape index (κ1) is 13.2. The fraction of sp³-hybridized carbons (Fsp3) is 0.727. The van der Waals surface area contributed by atoms with E-state index in [4.69, 9.17) is 5.73 Å². The van der Waals surface area contributed by atoms with Crippen molar-refractivity contribution in [2.45, 2.75) is 39.7 Å². The average Bonchev–Trinajstić information content (AvgIpc) is 2.21. The molecule has 0 heterocycles. The number of carbonyl (C=O) groups is 1. The second-order valence-corrected chi connectivity index (χ2v) is 3.56. The van der Waals surface area contributed by atoms with Crippen molar-refractivity contribution in [1.82, 2.24) is 5.32 Å². The number of allylic oxidation sites excluding steroid dienone is 1. The van der Waals surface area contributed by atoms with Crippen LogP contribution in [0.15, 0.2) is 12.2 Å². The molecule has 3 N–H and O–H groups in total. The molecule has 0 spiro atoms. The molecule has 82 valence electrons. The van der Waals surface area contributed by atoms with Gasteiger partial charge in [-0.15, -0.1) is 0 Å². The predicted octanol–water partition coefficient (Wildman–Crippen LogP) is 1.44. The molecular formula is C11H22N2O. The quantitative estimate of drug-likeness (QED) is 0.501. The minimum atomic E-state index is -0.370. The number of hydrogen-bond acceptors (Lipinski definition) is 2. The van der Waals surface area contributed by atoms with Crippen LogP contribution in [0.25, 0.3) is 0 Å². The first-order valence-electron chi connectivity index (χ1n) is 5.27. The Labute approximate surface area is 86.8 Å². The number of hydrogen-bond donors (Lipinski definition) is 2. The topological polar surface area (TPSA) is 55.1 Å². The molecule has 0 saturated carbocycles. The molecule has 14 heavy (non-hydrogen) atoms. The summed E-state index contributed by atoms with van der Waals surface area (Å²) < 4.78 is 0. The molecule has 0 bridgehead atoms. The third kappa shape index (κ3) is 5.02. The van der Waals surface area contributed by atoms with Gasteiger partial charge in [0.05, 0.1) is 6.04 Å². The van der Waals surface area contributed by atoms with Gasteiger partial charge in [-0.3, -0.25) is 4.79 Å². The molecule has 1 unspecified atom stereocenters. The first-order chi connectivity index (χ1) is 6.63. The first-order valence-corrected chi connectivity index (χ1v) is 5.27. The fourth-order valence-electron chi connectivity index (χ4n) is 1.08. The Hall–Kier alpha value is -0.830. The SMILES string of the molecule is C/C=C/CCNC(=O)[C@@H](N)C(C)CC. The molecule has 0 aromatic rings. The molecule has 3 heteroatoms. The van der Waals surface area contributed by atoms with Gasteiger partial charge in [-0.1, -0.05) is 32.4 Å². The van der Waals surface area contributed by atoms with Crippen molar-refractivity contribution < 1.29 is 4.79 Å². The van der Waals surface area contributed by atoms with E-state index in [1.165, 1.54) is 0 Å². The Balaban J connectivity index is 3.72. The van der Waals surface area contributed by atoms with Crippen LogP contribution in [0.4, 0.5) is 0 Å². The molecule has 1 amide bonds. The van der Waals surface area contributed by atoms with Crippen LogP contribution in [0.2, 0.25) is 0 Å². The van der Waals surface area contributed by atoms with E-state index in [2.05, 4.69) is 5.32 Å². The summed E-state index contributed by atoms with van der Waals surface area (Å²) in [7, 11) is 0. The molecule has 0 aliphatic rings. The van der Waals surface area contributed by atoms with E-state index in [1.54, 1.807) is 0 Å². The Morgan fingerprint density at radius 1 is 1.57 bits per heavy atom. The van der Waals surface area contributed by atoms with Crippen LogP contribution < -0.4 is 11.1 Å². The van der Waals surface area contributed by atoms with E-state index in [0.717, 1.165) is 12.8 Å². The van der Waals surface area contributed by atoms with E-state index in [1.807, 2.05) is 32.9 Å². The molecule has 0 radical (unpaired) electrons. The predicted molar refractivity (Wildman–Crippen MR) is 59.9 cm³/mol. The van der Waals surface area contributed by atoms with Crippen LogP contribution in [-0.2, 0) is 4.79 Å². The van der Waals surface area contributed by atoms with Crippen molar-refractivity contribution >= 4 is 5.91 Å². The fourth-order valence-corrected chi connectivity index (χ4v) is 1.08. The highest BCUT2D eigenvalue weighted by atomic mass is 16.2. The van der Waals surface area contributed by atoms with E-state index in [0.29, 0.717) is 6.54 Å². The smallest absolute Gasteiger partial charge is 0.237 e. The molecule has 0 fully saturated rings. The van der Waals surface area contributed by atoms with Crippen LogP contribution in [0.5, 0.6) is 0 Å². The van der Waals surface area contributed by atoms with Crippen LogP contribution >= 0.6 is 0 Å². The Morgan fingerprint density at radius 3 is 2.71 bits per heavy atom. The number of nitrogens with two attached hydrogens (primary N) is 1. The van der Waals surface area contributed by atoms with Gasteiger partial charge in [-0.25, -0.2) is 0 Å². The van der Waals surface area contributed by atoms with Crippen molar-refractivity contribution in [3.8, 4) is 0 Å². The van der Waals surface area contributed by atoms with Crippen molar-refractivity contribution in [2.24, 2.45) is 11.7 Å². The lowest BCUT2D eigenvalue weighted by Gasteiger charge is -2.17. The molecule has 0 aliphatic heterocycles. The van der Waals surface area contributed by atoms with E-state index >= 15 is 0 Å². The molecule has 0 aromatic carbocycles. The maximum Gasteiger partial charge on any atom is 0.237 e. The summed E-state index contributed by atoms with van der Waals surface area (Å²) in [6.45, 7) is 6.67. The van der Waals surface area contributed by atoms with Gasteiger partial charge in [0.1, 0.15) is 0 Å². The number of carbonyl (C=O) groups excluding carboxylic acids is 1. The van der Waals surface area contributed by atoms with Gasteiger partial charge in [0.25, 0.3) is 0 Å². The minimum absolute atomic E-state index is 0.0381. The summed E-state index contributed by atoms with van der Waals surface area (Å²) in [6, 6.07) is -0.370. The van der Waals surface area contributed by atoms with E-state index in [-0.39, 0.29) is 17.9 Å². The molecule has 0 aliphatic carbocycles. The molecule has 0 rings (SSSR count). The summed E-state index contributed by atoms with van der Waals surface area (Å²) >= 11 is 0. The monoisotopic (exact) mass is 198 g/mol. The van der Waals surface area contributed by atoms with Gasteiger partial charge in [-0.2, -0.15) is 0 Å². The summed E-state index contributed by atoms with van der Waals surface area (Å²) in [5.41, 5.74) is 5.76. The summed E-state index contributed by atoms with van der Waals surface area (Å²) in [6.07, 6.45) is 5.80. The van der Waals surface area contributed by atoms with Gasteiger partial charge < -0.3 is 11.1 Å². The standard InChI is InChI=1S/C11H22N2O/c1-4-6-7-8-13-11(14)10(12)9(3)5-2/h4,6,9-10H,5,7-8,12H2,1-3H3,(H,13,14)/b6-4+/t9?,10-/m0/s1. The molecular weight excluding hydrogens is 176 g/mol.